The van der Waals surface area contributed by atoms with E-state index in [4.69, 9.17) is 0 Å². The first-order valence-corrected chi connectivity index (χ1v) is 18.3. The van der Waals surface area contributed by atoms with E-state index < -0.39 is 0 Å². The van der Waals surface area contributed by atoms with Crippen LogP contribution in [0.3, 0.4) is 0 Å². The molecule has 0 saturated heterocycles. The van der Waals surface area contributed by atoms with E-state index in [1.807, 2.05) is 0 Å². The molecular weight excluding hydrogens is 601 g/mol. The molecular formula is C45H46NOP. The van der Waals surface area contributed by atoms with Crippen LogP contribution in [0.4, 0.5) is 11.4 Å². The number of phenolic OH excluding ortho intramolecular Hbond substituents is 1. The van der Waals surface area contributed by atoms with Gasteiger partial charge >= 0.3 is 0 Å². The standard InChI is InChI=1S/C45H46NOP/c1-3-29-45(4-2,42-33-37(30-35-19-9-5-10-20-35)32-39(44(42)47)31-36-21-11-6-12-22-36)48-43-28-18-17-23-38(43)34-46(40-24-13-7-14-25-40)41-26-15-8-16-27-41/h5-28,32-33,47-48H,3-4,29-31,34H2,1-2H3. The molecule has 0 fully saturated rings. The van der Waals surface area contributed by atoms with Crippen molar-refractivity contribution in [3.05, 3.63) is 191 Å². The van der Waals surface area contributed by atoms with E-state index in [1.165, 1.54) is 38.9 Å². The van der Waals surface area contributed by atoms with Crippen molar-refractivity contribution in [2.75, 3.05) is 4.90 Å². The first-order chi connectivity index (χ1) is 23.6. The number of aromatic hydroxyl groups is 1. The summed E-state index contributed by atoms with van der Waals surface area (Å²) in [7, 11) is 0.502. The van der Waals surface area contributed by atoms with E-state index in [-0.39, 0.29) is 5.16 Å². The van der Waals surface area contributed by atoms with Crippen LogP contribution in [0.25, 0.3) is 0 Å². The van der Waals surface area contributed by atoms with Gasteiger partial charge < -0.3 is 10.0 Å². The van der Waals surface area contributed by atoms with Crippen LogP contribution in [0.2, 0.25) is 0 Å². The van der Waals surface area contributed by atoms with Crippen molar-refractivity contribution in [2.45, 2.75) is 57.7 Å². The first kappa shape index (κ1) is 33.3. The minimum absolute atomic E-state index is 0.197. The summed E-state index contributed by atoms with van der Waals surface area (Å²) >= 11 is 0. The van der Waals surface area contributed by atoms with Crippen molar-refractivity contribution < 1.29 is 5.11 Å². The van der Waals surface area contributed by atoms with Crippen LogP contribution in [-0.2, 0) is 24.5 Å². The molecule has 0 aliphatic carbocycles. The van der Waals surface area contributed by atoms with Gasteiger partial charge in [-0.15, -0.1) is 0 Å². The molecule has 2 unspecified atom stereocenters. The van der Waals surface area contributed by atoms with Crippen molar-refractivity contribution in [1.82, 2.24) is 0 Å². The van der Waals surface area contributed by atoms with Gasteiger partial charge in [-0.2, -0.15) is 0 Å². The van der Waals surface area contributed by atoms with Gasteiger partial charge in [0.05, 0.1) is 0 Å². The van der Waals surface area contributed by atoms with E-state index in [2.05, 4.69) is 176 Å². The smallest absolute Gasteiger partial charge is 0.123 e. The lowest BCUT2D eigenvalue weighted by molar-refractivity contribution is 0.437. The van der Waals surface area contributed by atoms with Crippen LogP contribution in [0, 0.1) is 0 Å². The lowest BCUT2D eigenvalue weighted by atomic mass is 9.85. The number of phenols is 1. The van der Waals surface area contributed by atoms with Gasteiger partial charge in [-0.3, -0.25) is 0 Å². The fraction of sp³-hybridized carbons (Fsp3) is 0.200. The molecule has 242 valence electrons. The zero-order valence-corrected chi connectivity index (χ0v) is 29.1. The molecule has 1 N–H and O–H groups in total. The van der Waals surface area contributed by atoms with Crippen molar-refractivity contribution in [3.8, 4) is 5.75 Å². The third-order valence-corrected chi connectivity index (χ3v) is 11.5. The zero-order valence-electron chi connectivity index (χ0n) is 28.1. The van der Waals surface area contributed by atoms with E-state index in [0.29, 0.717) is 20.8 Å². The monoisotopic (exact) mass is 647 g/mol. The molecule has 48 heavy (non-hydrogen) atoms. The SMILES string of the molecule is CCCC(CC)(Pc1ccccc1CN(c1ccccc1)c1ccccc1)c1cc(Cc2ccccc2)cc(Cc2ccccc2)c1O. The Balaban J connectivity index is 1.43. The van der Waals surface area contributed by atoms with Crippen molar-refractivity contribution in [1.29, 1.82) is 0 Å². The molecule has 2 nitrogen and oxygen atoms in total. The zero-order chi connectivity index (χ0) is 33.2. The number of hydrogen-bond acceptors (Lipinski definition) is 2. The summed E-state index contributed by atoms with van der Waals surface area (Å²) in [5.74, 6) is 0.464. The third-order valence-electron chi connectivity index (χ3n) is 9.39. The van der Waals surface area contributed by atoms with Crippen LogP contribution in [0.5, 0.6) is 5.75 Å². The Morgan fingerprint density at radius 2 is 1.08 bits per heavy atom. The second-order valence-corrected chi connectivity index (χ2v) is 14.4. The minimum Gasteiger partial charge on any atom is -0.507 e. The summed E-state index contributed by atoms with van der Waals surface area (Å²) in [6.07, 6.45) is 4.54. The van der Waals surface area contributed by atoms with Gasteiger partial charge in [0.2, 0.25) is 0 Å². The molecule has 0 aliphatic heterocycles. The fourth-order valence-corrected chi connectivity index (χ4v) is 8.81. The number of benzene rings is 6. The Morgan fingerprint density at radius 3 is 1.65 bits per heavy atom. The molecule has 0 saturated carbocycles. The lowest BCUT2D eigenvalue weighted by Crippen LogP contribution is -2.26. The number of nitrogens with zero attached hydrogens (tertiary/aromatic N) is 1. The van der Waals surface area contributed by atoms with E-state index in [1.54, 1.807) is 0 Å². The van der Waals surface area contributed by atoms with Crippen LogP contribution >= 0.6 is 8.58 Å². The van der Waals surface area contributed by atoms with Gasteiger partial charge in [0.1, 0.15) is 5.75 Å². The average Bonchev–Trinajstić information content (AvgIpc) is 3.14. The molecule has 2 atom stereocenters. The maximum Gasteiger partial charge on any atom is 0.123 e. The Bertz CT molecular complexity index is 1840. The van der Waals surface area contributed by atoms with Gasteiger partial charge in [-0.05, 0) is 76.6 Å². The molecule has 6 aromatic carbocycles. The van der Waals surface area contributed by atoms with E-state index in [0.717, 1.165) is 43.4 Å². The predicted octanol–water partition coefficient (Wildman–Crippen LogP) is 11.3. The minimum atomic E-state index is -0.197. The Morgan fingerprint density at radius 1 is 0.562 bits per heavy atom. The topological polar surface area (TPSA) is 23.5 Å². The van der Waals surface area contributed by atoms with Crippen LogP contribution in [0.1, 0.15) is 66.5 Å². The largest absolute Gasteiger partial charge is 0.507 e. The lowest BCUT2D eigenvalue weighted by Gasteiger charge is -2.36. The van der Waals surface area contributed by atoms with Crippen molar-refractivity contribution >= 4 is 25.3 Å². The maximum absolute atomic E-state index is 12.2. The molecule has 0 radical (unpaired) electrons. The number of para-hydroxylation sites is 2. The molecule has 0 aromatic heterocycles. The quantitative estimate of drug-likeness (QED) is 0.119. The summed E-state index contributed by atoms with van der Waals surface area (Å²) in [5, 5.41) is 13.4. The van der Waals surface area contributed by atoms with Crippen molar-refractivity contribution in [3.63, 3.8) is 0 Å². The second kappa shape index (κ2) is 16.0. The summed E-state index contributed by atoms with van der Waals surface area (Å²) in [5.41, 5.74) is 9.53. The van der Waals surface area contributed by atoms with Crippen LogP contribution in [-0.4, -0.2) is 5.11 Å². The Labute approximate surface area is 288 Å². The highest BCUT2D eigenvalue weighted by Gasteiger charge is 2.34. The maximum atomic E-state index is 12.2. The van der Waals surface area contributed by atoms with Crippen molar-refractivity contribution in [2.24, 2.45) is 0 Å². The highest BCUT2D eigenvalue weighted by atomic mass is 31.1. The van der Waals surface area contributed by atoms with E-state index in [9.17, 15) is 5.11 Å². The molecule has 0 spiro atoms. The number of hydrogen-bond donors (Lipinski definition) is 1. The third kappa shape index (κ3) is 7.89. The van der Waals surface area contributed by atoms with Gasteiger partial charge in [-0.25, -0.2) is 0 Å². The summed E-state index contributed by atoms with van der Waals surface area (Å²) in [6, 6.07) is 56.1. The normalized spacial score (nSPS) is 12.6. The van der Waals surface area contributed by atoms with Gasteiger partial charge in [-0.1, -0.05) is 162 Å². The summed E-state index contributed by atoms with van der Waals surface area (Å²) in [4.78, 5) is 2.41. The number of rotatable bonds is 14. The first-order valence-electron chi connectivity index (χ1n) is 17.3. The van der Waals surface area contributed by atoms with E-state index >= 15 is 0 Å². The highest BCUT2D eigenvalue weighted by molar-refractivity contribution is 7.48. The molecule has 0 amide bonds. The summed E-state index contributed by atoms with van der Waals surface area (Å²) in [6.45, 7) is 5.36. The average molecular weight is 648 g/mol. The molecule has 3 heteroatoms. The molecule has 0 heterocycles. The van der Waals surface area contributed by atoms with Gasteiger partial charge in [0.15, 0.2) is 0 Å². The molecule has 6 rings (SSSR count). The highest BCUT2D eigenvalue weighted by Crippen LogP contribution is 2.52. The van der Waals surface area contributed by atoms with Crippen LogP contribution < -0.4 is 10.2 Å². The second-order valence-electron chi connectivity index (χ2n) is 12.7. The number of anilines is 2. The summed E-state index contributed by atoms with van der Waals surface area (Å²) < 4.78 is 0. The predicted molar refractivity (Wildman–Crippen MR) is 207 cm³/mol. The van der Waals surface area contributed by atoms with Gasteiger partial charge in [0.25, 0.3) is 0 Å². The van der Waals surface area contributed by atoms with Crippen LogP contribution in [0.15, 0.2) is 158 Å². The fourth-order valence-electron chi connectivity index (χ4n) is 6.91. The van der Waals surface area contributed by atoms with Gasteiger partial charge in [0, 0.05) is 35.1 Å². The molecule has 0 aliphatic rings. The Kier molecular flexibility index (Phi) is 11.1. The Hall–Kier alpha value is -4.65. The molecule has 6 aromatic rings. The molecule has 0 bridgehead atoms.